The van der Waals surface area contributed by atoms with Gasteiger partial charge in [-0.2, -0.15) is 5.26 Å². The van der Waals surface area contributed by atoms with E-state index in [1.54, 1.807) is 0 Å². The molecule has 6 nitrogen and oxygen atoms in total. The molecular formula is C14H15N3O3. The summed E-state index contributed by atoms with van der Waals surface area (Å²) in [6.07, 6.45) is 2.89. The van der Waals surface area contributed by atoms with Gasteiger partial charge in [-0.15, -0.1) is 0 Å². The Bertz CT molecular complexity index is 562. The van der Waals surface area contributed by atoms with Gasteiger partial charge in [0.2, 0.25) is 0 Å². The lowest BCUT2D eigenvalue weighted by Crippen LogP contribution is -2.52. The number of likely N-dealkylation sites (tertiary alicyclic amines) is 1. The van der Waals surface area contributed by atoms with Crippen molar-refractivity contribution in [2.45, 2.75) is 25.8 Å². The maximum absolute atomic E-state index is 12.4. The molecule has 0 bridgehead atoms. The molecule has 1 aromatic rings. The Morgan fingerprint density at radius 1 is 1.50 bits per heavy atom. The van der Waals surface area contributed by atoms with Crippen molar-refractivity contribution in [3.8, 4) is 6.07 Å². The number of carbonyl (C=O) groups excluding carboxylic acids is 1. The minimum absolute atomic E-state index is 0.0800. The highest BCUT2D eigenvalue weighted by Gasteiger charge is 2.37. The molecule has 2 rings (SSSR count). The fraction of sp³-hybridized carbons (Fsp3) is 0.429. The first kappa shape index (κ1) is 14.0. The van der Waals surface area contributed by atoms with Crippen molar-refractivity contribution in [2.24, 2.45) is 5.92 Å². The molecule has 2 atom stereocenters. The molecule has 0 aliphatic carbocycles. The predicted octanol–water partition coefficient (Wildman–Crippen LogP) is 1.28. The van der Waals surface area contributed by atoms with Crippen LogP contribution in [0.5, 0.6) is 0 Å². The summed E-state index contributed by atoms with van der Waals surface area (Å²) in [4.78, 5) is 29.0. The number of carboxylic acid groups (broad SMARTS) is 1. The third-order valence-corrected chi connectivity index (χ3v) is 3.56. The van der Waals surface area contributed by atoms with Crippen molar-refractivity contribution in [2.75, 3.05) is 6.54 Å². The average molecular weight is 273 g/mol. The Kier molecular flexibility index (Phi) is 3.99. The molecule has 1 N–H and O–H groups in total. The van der Waals surface area contributed by atoms with E-state index in [1.165, 1.54) is 23.2 Å². The number of rotatable bonds is 2. The van der Waals surface area contributed by atoms with Crippen LogP contribution in [0.3, 0.4) is 0 Å². The maximum atomic E-state index is 12.4. The van der Waals surface area contributed by atoms with E-state index >= 15 is 0 Å². The van der Waals surface area contributed by atoms with Gasteiger partial charge in [0, 0.05) is 12.7 Å². The van der Waals surface area contributed by atoms with E-state index in [0.29, 0.717) is 12.1 Å². The second-order valence-corrected chi connectivity index (χ2v) is 4.95. The highest BCUT2D eigenvalue weighted by atomic mass is 16.4. The zero-order valence-corrected chi connectivity index (χ0v) is 11.1. The Balaban J connectivity index is 2.25. The van der Waals surface area contributed by atoms with Gasteiger partial charge in [0.05, 0.1) is 5.56 Å². The van der Waals surface area contributed by atoms with Crippen LogP contribution in [0.15, 0.2) is 18.3 Å². The van der Waals surface area contributed by atoms with Crippen molar-refractivity contribution < 1.29 is 14.7 Å². The largest absolute Gasteiger partial charge is 0.480 e. The summed E-state index contributed by atoms with van der Waals surface area (Å²) in [7, 11) is 0. The SMILES string of the molecule is CC1CCCN(C(=O)c2ccc(C#N)cn2)C1C(=O)O. The lowest BCUT2D eigenvalue weighted by atomic mass is 9.90. The number of carbonyl (C=O) groups is 2. The Hall–Kier alpha value is -2.42. The third-order valence-electron chi connectivity index (χ3n) is 3.56. The van der Waals surface area contributed by atoms with Gasteiger partial charge in [-0.3, -0.25) is 4.79 Å². The van der Waals surface area contributed by atoms with E-state index in [1.807, 2.05) is 13.0 Å². The topological polar surface area (TPSA) is 94.3 Å². The highest BCUT2D eigenvalue weighted by Crippen LogP contribution is 2.24. The maximum Gasteiger partial charge on any atom is 0.326 e. The summed E-state index contributed by atoms with van der Waals surface area (Å²) < 4.78 is 0. The number of aliphatic carboxylic acids is 1. The quantitative estimate of drug-likeness (QED) is 0.875. The summed E-state index contributed by atoms with van der Waals surface area (Å²) in [5.74, 6) is -1.46. The Morgan fingerprint density at radius 3 is 2.80 bits per heavy atom. The molecular weight excluding hydrogens is 258 g/mol. The van der Waals surface area contributed by atoms with E-state index in [9.17, 15) is 14.7 Å². The van der Waals surface area contributed by atoms with Gasteiger partial charge >= 0.3 is 5.97 Å². The number of amides is 1. The number of pyridine rings is 1. The fourth-order valence-corrected chi connectivity index (χ4v) is 2.53. The molecule has 2 unspecified atom stereocenters. The molecule has 1 aromatic heterocycles. The second-order valence-electron chi connectivity index (χ2n) is 4.95. The van der Waals surface area contributed by atoms with Gasteiger partial charge in [0.25, 0.3) is 5.91 Å². The van der Waals surface area contributed by atoms with Crippen LogP contribution >= 0.6 is 0 Å². The lowest BCUT2D eigenvalue weighted by molar-refractivity contribution is -0.145. The number of nitriles is 1. The van der Waals surface area contributed by atoms with Crippen molar-refractivity contribution in [1.82, 2.24) is 9.88 Å². The monoisotopic (exact) mass is 273 g/mol. The van der Waals surface area contributed by atoms with Crippen molar-refractivity contribution in [1.29, 1.82) is 5.26 Å². The Morgan fingerprint density at radius 2 is 2.25 bits per heavy atom. The van der Waals surface area contributed by atoms with Crippen LogP contribution in [0.1, 0.15) is 35.8 Å². The van der Waals surface area contributed by atoms with Crippen LogP contribution in [0.4, 0.5) is 0 Å². The number of carboxylic acids is 1. The molecule has 1 fully saturated rings. The highest BCUT2D eigenvalue weighted by molar-refractivity contribution is 5.95. The number of hydrogen-bond acceptors (Lipinski definition) is 4. The molecule has 6 heteroatoms. The van der Waals surface area contributed by atoms with E-state index < -0.39 is 17.9 Å². The molecule has 1 saturated heterocycles. The summed E-state index contributed by atoms with van der Waals surface area (Å²) in [6, 6.07) is 4.07. The van der Waals surface area contributed by atoms with Gasteiger partial charge < -0.3 is 10.0 Å². The molecule has 104 valence electrons. The van der Waals surface area contributed by atoms with E-state index in [0.717, 1.165) is 12.8 Å². The molecule has 1 aliphatic rings. The third kappa shape index (κ3) is 2.62. The standard InChI is InChI=1S/C14H15N3O3/c1-9-3-2-6-17(12(9)14(19)20)13(18)11-5-4-10(7-15)8-16-11/h4-5,8-9,12H,2-3,6H2,1H3,(H,19,20). The van der Waals surface area contributed by atoms with Crippen LogP contribution in [-0.4, -0.2) is 39.5 Å². The van der Waals surface area contributed by atoms with Crippen LogP contribution in [0.2, 0.25) is 0 Å². The summed E-state index contributed by atoms with van der Waals surface area (Å²) in [6.45, 7) is 2.26. The van der Waals surface area contributed by atoms with Gasteiger partial charge in [-0.25, -0.2) is 9.78 Å². The molecule has 0 spiro atoms. The predicted molar refractivity (Wildman–Crippen MR) is 69.8 cm³/mol. The summed E-state index contributed by atoms with van der Waals surface area (Å²) in [5.41, 5.74) is 0.535. The second kappa shape index (κ2) is 5.70. The number of piperidine rings is 1. The van der Waals surface area contributed by atoms with Gasteiger partial charge in [-0.1, -0.05) is 6.92 Å². The van der Waals surface area contributed by atoms with E-state index in [4.69, 9.17) is 5.26 Å². The smallest absolute Gasteiger partial charge is 0.326 e. The first-order valence-corrected chi connectivity index (χ1v) is 6.44. The number of aromatic nitrogens is 1. The lowest BCUT2D eigenvalue weighted by Gasteiger charge is -2.37. The van der Waals surface area contributed by atoms with Crippen molar-refractivity contribution >= 4 is 11.9 Å². The molecule has 2 heterocycles. The zero-order valence-electron chi connectivity index (χ0n) is 11.1. The molecule has 1 amide bonds. The van der Waals surface area contributed by atoms with Crippen LogP contribution in [-0.2, 0) is 4.79 Å². The zero-order chi connectivity index (χ0) is 14.7. The van der Waals surface area contributed by atoms with Gasteiger partial charge in [0.1, 0.15) is 17.8 Å². The van der Waals surface area contributed by atoms with Gasteiger partial charge in [0.15, 0.2) is 0 Å². The Labute approximate surface area is 116 Å². The molecule has 0 saturated carbocycles. The minimum atomic E-state index is -0.987. The summed E-state index contributed by atoms with van der Waals surface area (Å²) >= 11 is 0. The van der Waals surface area contributed by atoms with Crippen molar-refractivity contribution in [3.05, 3.63) is 29.6 Å². The fourth-order valence-electron chi connectivity index (χ4n) is 2.53. The number of hydrogen-bond donors (Lipinski definition) is 1. The normalized spacial score (nSPS) is 22.1. The minimum Gasteiger partial charge on any atom is -0.480 e. The van der Waals surface area contributed by atoms with Gasteiger partial charge in [-0.05, 0) is 30.9 Å². The number of nitrogens with zero attached hydrogens (tertiary/aromatic N) is 3. The van der Waals surface area contributed by atoms with Crippen LogP contribution < -0.4 is 0 Å². The summed E-state index contributed by atoms with van der Waals surface area (Å²) in [5, 5.41) is 18.0. The van der Waals surface area contributed by atoms with Crippen LogP contribution in [0.25, 0.3) is 0 Å². The molecule has 1 aliphatic heterocycles. The molecule has 20 heavy (non-hydrogen) atoms. The molecule has 0 radical (unpaired) electrons. The average Bonchev–Trinajstić information content (AvgIpc) is 2.46. The molecule has 0 aromatic carbocycles. The van der Waals surface area contributed by atoms with Crippen LogP contribution in [0, 0.1) is 17.2 Å². The van der Waals surface area contributed by atoms with E-state index in [-0.39, 0.29) is 11.6 Å². The first-order valence-electron chi connectivity index (χ1n) is 6.44. The van der Waals surface area contributed by atoms with Crippen molar-refractivity contribution in [3.63, 3.8) is 0 Å². The van der Waals surface area contributed by atoms with E-state index in [2.05, 4.69) is 4.98 Å². The first-order chi connectivity index (χ1) is 9.54.